The molecule has 0 aliphatic heterocycles. The fourth-order valence-corrected chi connectivity index (χ4v) is 3.94. The van der Waals surface area contributed by atoms with E-state index in [1.165, 1.54) is 16.3 Å². The molecule has 2 aromatic heterocycles. The molecule has 136 valence electrons. The summed E-state index contributed by atoms with van der Waals surface area (Å²) >= 11 is 7.68. The van der Waals surface area contributed by atoms with Crippen molar-refractivity contribution in [2.75, 3.05) is 7.11 Å². The lowest BCUT2D eigenvalue weighted by molar-refractivity contribution is 0.412. The first-order valence-corrected chi connectivity index (χ1v) is 9.51. The van der Waals surface area contributed by atoms with Gasteiger partial charge in [0, 0.05) is 23.2 Å². The van der Waals surface area contributed by atoms with Crippen LogP contribution in [0.15, 0.2) is 70.9 Å². The van der Waals surface area contributed by atoms with Crippen molar-refractivity contribution in [2.24, 2.45) is 0 Å². The van der Waals surface area contributed by atoms with Crippen LogP contribution in [0.3, 0.4) is 0 Å². The minimum absolute atomic E-state index is 0.255. The van der Waals surface area contributed by atoms with Gasteiger partial charge in [-0.15, -0.1) is 10.2 Å². The van der Waals surface area contributed by atoms with E-state index in [0.29, 0.717) is 27.4 Å². The van der Waals surface area contributed by atoms with Crippen LogP contribution in [0.4, 0.5) is 0 Å². The first-order chi connectivity index (χ1) is 13.2. The molecule has 0 unspecified atom stereocenters. The smallest absolute Gasteiger partial charge is 0.300 e. The fraction of sp³-hybridized carbons (Fsp3) is 0.105. The summed E-state index contributed by atoms with van der Waals surface area (Å²) in [4.78, 5) is 12.9. The van der Waals surface area contributed by atoms with Gasteiger partial charge in [-0.2, -0.15) is 0 Å². The van der Waals surface area contributed by atoms with E-state index in [-0.39, 0.29) is 11.2 Å². The predicted octanol–water partition coefficient (Wildman–Crippen LogP) is 3.83. The molecule has 4 rings (SSSR count). The number of benzene rings is 2. The molecule has 0 radical (unpaired) electrons. The van der Waals surface area contributed by atoms with Crippen LogP contribution in [0.25, 0.3) is 11.3 Å². The van der Waals surface area contributed by atoms with Gasteiger partial charge in [-0.05, 0) is 23.8 Å². The topological polar surface area (TPSA) is 61.4 Å². The van der Waals surface area contributed by atoms with Crippen molar-refractivity contribution in [2.45, 2.75) is 10.9 Å². The van der Waals surface area contributed by atoms with Gasteiger partial charge >= 0.3 is 5.56 Å². The van der Waals surface area contributed by atoms with Crippen LogP contribution < -0.4 is 10.3 Å². The lowest BCUT2D eigenvalue weighted by Crippen LogP contribution is -2.20. The Kier molecular flexibility index (Phi) is 4.87. The maximum absolute atomic E-state index is 12.9. The lowest BCUT2D eigenvalue weighted by atomic mass is 10.2. The fourth-order valence-electron chi connectivity index (χ4n) is 2.74. The number of para-hydroxylation sites is 2. The Morgan fingerprint density at radius 3 is 2.67 bits per heavy atom. The van der Waals surface area contributed by atoms with Gasteiger partial charge in [-0.25, -0.2) is 0 Å². The Morgan fingerprint density at radius 2 is 1.85 bits per heavy atom. The van der Waals surface area contributed by atoms with E-state index in [2.05, 4.69) is 10.2 Å². The van der Waals surface area contributed by atoms with E-state index in [1.54, 1.807) is 30.0 Å². The zero-order valence-corrected chi connectivity index (χ0v) is 15.9. The van der Waals surface area contributed by atoms with Crippen molar-refractivity contribution in [3.8, 4) is 11.4 Å². The molecule has 27 heavy (non-hydrogen) atoms. The number of hydrogen-bond donors (Lipinski definition) is 0. The highest BCUT2D eigenvalue weighted by Gasteiger charge is 2.14. The summed E-state index contributed by atoms with van der Waals surface area (Å²) in [6.45, 7) is 0. The first-order valence-electron chi connectivity index (χ1n) is 8.15. The maximum atomic E-state index is 12.9. The summed E-state index contributed by atoms with van der Waals surface area (Å²) in [6, 6.07) is 15.0. The molecule has 6 nitrogen and oxygen atoms in total. The van der Waals surface area contributed by atoms with E-state index in [1.807, 2.05) is 42.5 Å². The SMILES string of the molecule is COc1ccccc1-n1ccn2c(SCc3ccccc3Cl)nnc2c1=O. The molecule has 0 amide bonds. The van der Waals surface area contributed by atoms with E-state index < -0.39 is 0 Å². The van der Waals surface area contributed by atoms with E-state index in [9.17, 15) is 4.79 Å². The molecule has 0 atom stereocenters. The molecule has 0 aliphatic rings. The molecule has 0 fully saturated rings. The summed E-state index contributed by atoms with van der Waals surface area (Å²) in [6.07, 6.45) is 3.47. The number of halogens is 1. The van der Waals surface area contributed by atoms with Crippen LogP contribution in [-0.2, 0) is 5.75 Å². The molecule has 2 aromatic carbocycles. The Labute approximate surface area is 164 Å². The second kappa shape index (κ2) is 7.46. The third-order valence-electron chi connectivity index (χ3n) is 4.10. The van der Waals surface area contributed by atoms with Crippen LogP contribution in [0.2, 0.25) is 5.02 Å². The van der Waals surface area contributed by atoms with E-state index >= 15 is 0 Å². The largest absolute Gasteiger partial charge is 0.495 e. The van der Waals surface area contributed by atoms with Gasteiger partial charge < -0.3 is 4.74 Å². The number of rotatable bonds is 5. The van der Waals surface area contributed by atoms with Crippen LogP contribution in [0, 0.1) is 0 Å². The monoisotopic (exact) mass is 398 g/mol. The molecule has 0 saturated heterocycles. The van der Waals surface area contributed by atoms with Gasteiger partial charge in [0.2, 0.25) is 5.65 Å². The number of nitrogens with zero attached hydrogens (tertiary/aromatic N) is 4. The van der Waals surface area contributed by atoms with Crippen molar-refractivity contribution in [1.82, 2.24) is 19.2 Å². The van der Waals surface area contributed by atoms with Gasteiger partial charge in [0.05, 0.1) is 12.8 Å². The number of fused-ring (bicyclic) bond motifs is 1. The summed E-state index contributed by atoms with van der Waals surface area (Å²) in [7, 11) is 1.57. The maximum Gasteiger partial charge on any atom is 0.300 e. The van der Waals surface area contributed by atoms with Crippen LogP contribution in [0.5, 0.6) is 5.75 Å². The molecule has 0 saturated carbocycles. The van der Waals surface area contributed by atoms with Gasteiger partial charge in [0.25, 0.3) is 0 Å². The Balaban J connectivity index is 1.70. The van der Waals surface area contributed by atoms with E-state index in [0.717, 1.165) is 5.56 Å². The van der Waals surface area contributed by atoms with Crippen molar-refractivity contribution < 1.29 is 4.74 Å². The van der Waals surface area contributed by atoms with Crippen molar-refractivity contribution in [1.29, 1.82) is 0 Å². The van der Waals surface area contributed by atoms with Gasteiger partial charge in [0.1, 0.15) is 5.75 Å². The van der Waals surface area contributed by atoms with Crippen molar-refractivity contribution in [3.63, 3.8) is 0 Å². The summed E-state index contributed by atoms with van der Waals surface area (Å²) in [5, 5.41) is 9.59. The molecule has 0 N–H and O–H groups in total. The quantitative estimate of drug-likeness (QED) is 0.478. The van der Waals surface area contributed by atoms with Crippen LogP contribution in [0.1, 0.15) is 5.56 Å². The third kappa shape index (κ3) is 3.31. The van der Waals surface area contributed by atoms with E-state index in [4.69, 9.17) is 16.3 Å². The Hall–Kier alpha value is -2.77. The van der Waals surface area contributed by atoms with Gasteiger partial charge in [-0.3, -0.25) is 13.8 Å². The number of aromatic nitrogens is 4. The first kappa shape index (κ1) is 17.6. The van der Waals surface area contributed by atoms with Crippen LogP contribution in [-0.4, -0.2) is 26.3 Å². The van der Waals surface area contributed by atoms with Crippen molar-refractivity contribution >= 4 is 29.0 Å². The minimum atomic E-state index is -0.265. The molecular weight excluding hydrogens is 384 g/mol. The van der Waals surface area contributed by atoms with Gasteiger partial charge in [0.15, 0.2) is 5.16 Å². The second-order valence-corrected chi connectivity index (χ2v) is 7.05. The number of thioether (sulfide) groups is 1. The molecular formula is C19H15ClN4O2S. The number of hydrogen-bond acceptors (Lipinski definition) is 5. The molecule has 0 aliphatic carbocycles. The van der Waals surface area contributed by atoms with Crippen molar-refractivity contribution in [3.05, 3.63) is 81.9 Å². The molecule has 2 heterocycles. The van der Waals surface area contributed by atoms with Gasteiger partial charge in [-0.1, -0.05) is 53.7 Å². The average molecular weight is 399 g/mol. The zero-order chi connectivity index (χ0) is 18.8. The number of ether oxygens (including phenoxy) is 1. The normalized spacial score (nSPS) is 11.0. The molecule has 0 bridgehead atoms. The average Bonchev–Trinajstić information content (AvgIpc) is 3.12. The molecule has 8 heteroatoms. The Morgan fingerprint density at radius 1 is 1.07 bits per heavy atom. The lowest BCUT2D eigenvalue weighted by Gasteiger charge is -2.10. The summed E-state index contributed by atoms with van der Waals surface area (Å²) < 4.78 is 8.55. The zero-order valence-electron chi connectivity index (χ0n) is 14.4. The highest BCUT2D eigenvalue weighted by atomic mass is 35.5. The highest BCUT2D eigenvalue weighted by Crippen LogP contribution is 2.26. The minimum Gasteiger partial charge on any atom is -0.495 e. The highest BCUT2D eigenvalue weighted by molar-refractivity contribution is 7.98. The third-order valence-corrected chi connectivity index (χ3v) is 5.46. The summed E-state index contributed by atoms with van der Waals surface area (Å²) in [5.74, 6) is 1.24. The molecule has 4 aromatic rings. The predicted molar refractivity (Wildman–Crippen MR) is 106 cm³/mol. The standard InChI is InChI=1S/C19H15ClN4O2S/c1-26-16-9-5-4-8-15(16)23-10-11-24-17(18(23)25)21-22-19(24)27-12-13-6-2-3-7-14(13)20/h2-11H,12H2,1H3. The summed E-state index contributed by atoms with van der Waals surface area (Å²) in [5.41, 5.74) is 1.65. The number of methoxy groups -OCH3 is 1. The second-order valence-electron chi connectivity index (χ2n) is 5.70. The molecule has 0 spiro atoms. The van der Waals surface area contributed by atoms with Crippen LogP contribution >= 0.6 is 23.4 Å². The Bertz CT molecular complexity index is 1170.